The van der Waals surface area contributed by atoms with Gasteiger partial charge in [-0.25, -0.2) is 4.39 Å². The number of benzene rings is 1. The van der Waals surface area contributed by atoms with Crippen LogP contribution in [0.15, 0.2) is 35.1 Å². The number of likely N-dealkylation sites (N-methyl/N-ethyl adjacent to an activating group) is 1. The third-order valence-corrected chi connectivity index (χ3v) is 4.20. The van der Waals surface area contributed by atoms with Crippen LogP contribution in [-0.2, 0) is 11.8 Å². The Bertz CT molecular complexity index is 957. The number of halogens is 2. The monoisotopic (exact) mass is 408 g/mol. The van der Waals surface area contributed by atoms with Crippen molar-refractivity contribution in [2.75, 3.05) is 7.05 Å². The molecule has 0 aliphatic rings. The van der Waals surface area contributed by atoms with Crippen molar-refractivity contribution in [3.05, 3.63) is 53.4 Å². The summed E-state index contributed by atoms with van der Waals surface area (Å²) >= 11 is 0. The maximum Gasteiger partial charge on any atom is 0.249 e. The fourth-order valence-electron chi connectivity index (χ4n) is 2.71. The molecule has 0 aliphatic carbocycles. The molecular formula is C18H22ClFN6O2. The van der Waals surface area contributed by atoms with Gasteiger partial charge in [-0.3, -0.25) is 9.48 Å². The van der Waals surface area contributed by atoms with Gasteiger partial charge in [-0.15, -0.1) is 12.4 Å². The minimum absolute atomic E-state index is 0. The Morgan fingerprint density at radius 2 is 2.11 bits per heavy atom. The van der Waals surface area contributed by atoms with Crippen molar-refractivity contribution in [2.24, 2.45) is 7.05 Å². The summed E-state index contributed by atoms with van der Waals surface area (Å²) in [6.07, 6.45) is 3.40. The fourth-order valence-corrected chi connectivity index (χ4v) is 2.71. The lowest BCUT2D eigenvalue weighted by Gasteiger charge is -2.16. The zero-order chi connectivity index (χ0) is 19.6. The second-order valence-corrected chi connectivity index (χ2v) is 6.32. The van der Waals surface area contributed by atoms with Gasteiger partial charge in [-0.2, -0.15) is 10.1 Å². The van der Waals surface area contributed by atoms with E-state index in [0.717, 1.165) is 5.56 Å². The van der Waals surface area contributed by atoms with Crippen molar-refractivity contribution in [3.8, 4) is 11.4 Å². The summed E-state index contributed by atoms with van der Waals surface area (Å²) in [7, 11) is 3.48. The first-order valence-corrected chi connectivity index (χ1v) is 8.45. The molecule has 8 nitrogen and oxygen atoms in total. The lowest BCUT2D eigenvalue weighted by molar-refractivity contribution is -0.124. The van der Waals surface area contributed by atoms with Crippen molar-refractivity contribution in [3.63, 3.8) is 0 Å². The number of aryl methyl sites for hydroxylation is 2. The Labute approximate surface area is 167 Å². The fraction of sp³-hybridized carbons (Fsp3) is 0.333. The average Bonchev–Trinajstić information content (AvgIpc) is 3.27. The van der Waals surface area contributed by atoms with Crippen LogP contribution < -0.4 is 10.6 Å². The molecule has 150 valence electrons. The molecule has 2 heterocycles. The zero-order valence-electron chi connectivity index (χ0n) is 15.9. The van der Waals surface area contributed by atoms with E-state index in [-0.39, 0.29) is 30.0 Å². The van der Waals surface area contributed by atoms with E-state index >= 15 is 0 Å². The predicted octanol–water partition coefficient (Wildman–Crippen LogP) is 2.48. The van der Waals surface area contributed by atoms with Crippen molar-refractivity contribution < 1.29 is 13.7 Å². The van der Waals surface area contributed by atoms with Crippen LogP contribution in [0, 0.1) is 12.7 Å². The molecular weight excluding hydrogens is 387 g/mol. The maximum absolute atomic E-state index is 13.4. The lowest BCUT2D eigenvalue weighted by Crippen LogP contribution is -2.37. The van der Waals surface area contributed by atoms with E-state index in [1.165, 1.54) is 6.07 Å². The molecule has 1 aromatic carbocycles. The van der Waals surface area contributed by atoms with E-state index < -0.39 is 12.1 Å². The predicted molar refractivity (Wildman–Crippen MR) is 103 cm³/mol. The Balaban J connectivity index is 0.00000280. The Morgan fingerprint density at radius 3 is 2.71 bits per heavy atom. The van der Waals surface area contributed by atoms with Crippen LogP contribution in [0.5, 0.6) is 0 Å². The van der Waals surface area contributed by atoms with E-state index in [1.54, 1.807) is 57.2 Å². The highest BCUT2D eigenvalue weighted by molar-refractivity contribution is 5.85. The third kappa shape index (κ3) is 4.55. The summed E-state index contributed by atoms with van der Waals surface area (Å²) in [6, 6.07) is 3.54. The molecule has 0 fully saturated rings. The largest absolute Gasteiger partial charge is 0.343 e. The van der Waals surface area contributed by atoms with E-state index in [1.807, 2.05) is 0 Å². The van der Waals surface area contributed by atoms with Gasteiger partial charge in [-0.1, -0.05) is 5.16 Å². The van der Waals surface area contributed by atoms with Gasteiger partial charge in [0.05, 0.1) is 6.20 Å². The van der Waals surface area contributed by atoms with Crippen molar-refractivity contribution >= 4 is 18.3 Å². The van der Waals surface area contributed by atoms with E-state index in [0.29, 0.717) is 17.0 Å². The van der Waals surface area contributed by atoms with Crippen LogP contribution >= 0.6 is 12.4 Å². The van der Waals surface area contributed by atoms with Gasteiger partial charge in [0.2, 0.25) is 17.6 Å². The van der Waals surface area contributed by atoms with Gasteiger partial charge in [0.1, 0.15) is 17.9 Å². The van der Waals surface area contributed by atoms with Crippen LogP contribution in [0.2, 0.25) is 0 Å². The number of hydrogen-bond acceptors (Lipinski definition) is 6. The number of hydrogen-bond donors (Lipinski definition) is 2. The van der Waals surface area contributed by atoms with Crippen molar-refractivity contribution in [1.29, 1.82) is 0 Å². The minimum Gasteiger partial charge on any atom is -0.343 e. The minimum atomic E-state index is -0.553. The molecule has 0 aliphatic heterocycles. The summed E-state index contributed by atoms with van der Waals surface area (Å²) in [4.78, 5) is 16.9. The first kappa shape index (κ1) is 21.5. The van der Waals surface area contributed by atoms with Crippen LogP contribution in [-0.4, -0.2) is 32.9 Å². The number of nitrogens with zero attached hydrogens (tertiary/aromatic N) is 4. The van der Waals surface area contributed by atoms with Crippen LogP contribution in [0.4, 0.5) is 4.39 Å². The van der Waals surface area contributed by atoms with Gasteiger partial charge in [0, 0.05) is 24.4 Å². The van der Waals surface area contributed by atoms with Crippen LogP contribution in [0.3, 0.4) is 0 Å². The topological polar surface area (TPSA) is 97.9 Å². The first-order chi connectivity index (χ1) is 12.9. The quantitative estimate of drug-likeness (QED) is 0.650. The number of amides is 1. The maximum atomic E-state index is 13.4. The molecule has 28 heavy (non-hydrogen) atoms. The first-order valence-electron chi connectivity index (χ1n) is 8.45. The second-order valence-electron chi connectivity index (χ2n) is 6.32. The molecule has 2 unspecified atom stereocenters. The average molecular weight is 409 g/mol. The zero-order valence-corrected chi connectivity index (χ0v) is 16.7. The van der Waals surface area contributed by atoms with Crippen molar-refractivity contribution in [1.82, 2.24) is 30.6 Å². The number of aromatic nitrogens is 4. The van der Waals surface area contributed by atoms with Gasteiger partial charge < -0.3 is 15.2 Å². The second kappa shape index (κ2) is 8.94. The van der Waals surface area contributed by atoms with E-state index in [4.69, 9.17) is 4.52 Å². The van der Waals surface area contributed by atoms with Crippen LogP contribution in [0.25, 0.3) is 11.4 Å². The molecule has 0 saturated heterocycles. The van der Waals surface area contributed by atoms with Crippen LogP contribution in [0.1, 0.15) is 36.0 Å². The smallest absolute Gasteiger partial charge is 0.249 e. The highest BCUT2D eigenvalue weighted by Crippen LogP contribution is 2.21. The summed E-state index contributed by atoms with van der Waals surface area (Å²) in [5, 5.41) is 13.8. The number of nitrogens with one attached hydrogen (secondary N) is 2. The molecule has 3 rings (SSSR count). The molecule has 2 atom stereocenters. The Morgan fingerprint density at radius 1 is 1.36 bits per heavy atom. The Hall–Kier alpha value is -2.78. The highest BCUT2D eigenvalue weighted by Gasteiger charge is 2.24. The molecule has 10 heteroatoms. The summed E-state index contributed by atoms with van der Waals surface area (Å²) < 4.78 is 20.3. The Kier molecular flexibility index (Phi) is 6.87. The van der Waals surface area contributed by atoms with Gasteiger partial charge in [-0.05, 0) is 44.7 Å². The molecule has 0 spiro atoms. The highest BCUT2D eigenvalue weighted by atomic mass is 35.5. The molecule has 1 amide bonds. The summed E-state index contributed by atoms with van der Waals surface area (Å²) in [6.45, 7) is 3.42. The standard InChI is InChI=1S/C18H21FN6O2.ClH/c1-10-7-12(5-6-14(10)19)16-23-18(27-24-16)11(2)22-17(26)15(20-3)13-8-21-25(4)9-13;/h5-9,11,15,20H,1-4H3,(H,22,26);1H. The van der Waals surface area contributed by atoms with Crippen molar-refractivity contribution in [2.45, 2.75) is 25.9 Å². The molecule has 0 bridgehead atoms. The number of carbonyl (C=O) groups is 1. The normalized spacial score (nSPS) is 12.9. The lowest BCUT2D eigenvalue weighted by atomic mass is 10.1. The summed E-state index contributed by atoms with van der Waals surface area (Å²) in [5.41, 5.74) is 1.89. The molecule has 3 aromatic rings. The van der Waals surface area contributed by atoms with Gasteiger partial charge >= 0.3 is 0 Å². The number of rotatable bonds is 6. The van der Waals surface area contributed by atoms with Gasteiger partial charge in [0.25, 0.3) is 0 Å². The molecule has 2 N–H and O–H groups in total. The molecule has 0 saturated carbocycles. The van der Waals surface area contributed by atoms with Gasteiger partial charge in [0.15, 0.2) is 0 Å². The molecule has 0 radical (unpaired) electrons. The third-order valence-electron chi connectivity index (χ3n) is 4.20. The SMILES string of the molecule is CNC(C(=O)NC(C)c1nc(-c2ccc(F)c(C)c2)no1)c1cnn(C)c1.Cl. The number of carbonyl (C=O) groups excluding carboxylic acids is 1. The van der Waals surface area contributed by atoms with E-state index in [9.17, 15) is 9.18 Å². The summed E-state index contributed by atoms with van der Waals surface area (Å²) in [5.74, 6) is 0.0694. The van der Waals surface area contributed by atoms with E-state index in [2.05, 4.69) is 25.9 Å². The molecule has 2 aromatic heterocycles.